The smallest absolute Gasteiger partial charge is 0.248 e. The van der Waals surface area contributed by atoms with Crippen molar-refractivity contribution < 1.29 is 4.79 Å². The number of amides is 1. The van der Waals surface area contributed by atoms with Crippen molar-refractivity contribution in [3.8, 4) is 10.4 Å². The van der Waals surface area contributed by atoms with E-state index in [2.05, 4.69) is 27.4 Å². The molecule has 4 rings (SSSR count). The van der Waals surface area contributed by atoms with Crippen molar-refractivity contribution in [3.63, 3.8) is 0 Å². The number of nitrogens with one attached hydrogen (secondary N) is 2. The van der Waals surface area contributed by atoms with Gasteiger partial charge in [0.1, 0.15) is 5.65 Å². The number of thiophene rings is 1. The van der Waals surface area contributed by atoms with Crippen LogP contribution in [-0.2, 0) is 6.54 Å². The Morgan fingerprint density at radius 3 is 3.00 bits per heavy atom. The summed E-state index contributed by atoms with van der Waals surface area (Å²) >= 11 is 1.74. The second-order valence-electron chi connectivity index (χ2n) is 5.66. The third-order valence-electron chi connectivity index (χ3n) is 4.00. The molecule has 0 unspecified atom stereocenters. The van der Waals surface area contributed by atoms with Crippen LogP contribution in [0.25, 0.3) is 21.5 Å². The number of aromatic amines is 1. The SMILES string of the molecule is NC(=O)c1cccc(NCc2ccc(-c3ccnc4[nH]ccc34)s2)c1. The Kier molecular flexibility index (Phi) is 3.95. The fourth-order valence-electron chi connectivity index (χ4n) is 2.77. The maximum atomic E-state index is 11.3. The van der Waals surface area contributed by atoms with Gasteiger partial charge in [-0.1, -0.05) is 6.07 Å². The van der Waals surface area contributed by atoms with Crippen LogP contribution in [0.2, 0.25) is 0 Å². The quantitative estimate of drug-likeness (QED) is 0.510. The van der Waals surface area contributed by atoms with Crippen LogP contribution in [0.5, 0.6) is 0 Å². The molecule has 0 aliphatic carbocycles. The lowest BCUT2D eigenvalue weighted by Crippen LogP contribution is -2.11. The van der Waals surface area contributed by atoms with Crippen LogP contribution in [0.3, 0.4) is 0 Å². The summed E-state index contributed by atoms with van der Waals surface area (Å²) in [5.41, 5.74) is 8.78. The maximum absolute atomic E-state index is 11.3. The highest BCUT2D eigenvalue weighted by Crippen LogP contribution is 2.33. The Morgan fingerprint density at radius 1 is 1.20 bits per heavy atom. The summed E-state index contributed by atoms with van der Waals surface area (Å²) < 4.78 is 0. The Bertz CT molecular complexity index is 1050. The molecule has 3 aromatic heterocycles. The molecule has 0 saturated heterocycles. The number of benzene rings is 1. The molecule has 1 amide bonds. The molecule has 0 atom stereocenters. The van der Waals surface area contributed by atoms with Gasteiger partial charge in [0, 0.05) is 50.9 Å². The van der Waals surface area contributed by atoms with E-state index in [0.29, 0.717) is 12.1 Å². The standard InChI is InChI=1S/C19H16N4OS/c20-18(24)12-2-1-3-13(10-12)23-11-14-4-5-17(25-14)15-6-8-21-19-16(15)7-9-22-19/h1-10,23H,11H2,(H2,20,24)(H,21,22). The summed E-state index contributed by atoms with van der Waals surface area (Å²) in [6, 6.07) is 15.5. The molecule has 0 radical (unpaired) electrons. The van der Waals surface area contributed by atoms with Gasteiger partial charge in [-0.15, -0.1) is 11.3 Å². The number of rotatable bonds is 5. The predicted molar refractivity (Wildman–Crippen MR) is 102 cm³/mol. The van der Waals surface area contributed by atoms with Crippen molar-refractivity contribution in [1.29, 1.82) is 0 Å². The normalized spacial score (nSPS) is 10.9. The molecule has 25 heavy (non-hydrogen) atoms. The fraction of sp³-hybridized carbons (Fsp3) is 0.0526. The van der Waals surface area contributed by atoms with Crippen LogP contribution in [0.15, 0.2) is 60.9 Å². The molecular formula is C19H16N4OS. The van der Waals surface area contributed by atoms with Crippen LogP contribution < -0.4 is 11.1 Å². The molecule has 6 heteroatoms. The fourth-order valence-corrected chi connectivity index (χ4v) is 3.75. The number of carbonyl (C=O) groups is 1. The third-order valence-corrected chi connectivity index (χ3v) is 5.12. The van der Waals surface area contributed by atoms with Gasteiger partial charge in [-0.2, -0.15) is 0 Å². The summed E-state index contributed by atoms with van der Waals surface area (Å²) in [6.07, 6.45) is 3.73. The number of carbonyl (C=O) groups excluding carboxylic acids is 1. The van der Waals surface area contributed by atoms with E-state index in [-0.39, 0.29) is 0 Å². The number of nitrogens with zero attached hydrogens (tertiary/aromatic N) is 1. The van der Waals surface area contributed by atoms with Gasteiger partial charge in [0.2, 0.25) is 5.91 Å². The predicted octanol–water partition coefficient (Wildman–Crippen LogP) is 4.00. The van der Waals surface area contributed by atoms with Crippen molar-refractivity contribution in [2.24, 2.45) is 5.73 Å². The second-order valence-corrected chi connectivity index (χ2v) is 6.83. The molecule has 4 N–H and O–H groups in total. The Labute approximate surface area is 148 Å². The van der Waals surface area contributed by atoms with Crippen LogP contribution in [0.4, 0.5) is 5.69 Å². The first-order chi connectivity index (χ1) is 12.2. The number of hydrogen-bond acceptors (Lipinski definition) is 4. The zero-order valence-corrected chi connectivity index (χ0v) is 14.1. The first kappa shape index (κ1) is 15.4. The summed E-state index contributed by atoms with van der Waals surface area (Å²) in [6.45, 7) is 0.689. The van der Waals surface area contributed by atoms with Gasteiger partial charge in [-0.3, -0.25) is 4.79 Å². The highest BCUT2D eigenvalue weighted by Gasteiger charge is 2.08. The zero-order chi connectivity index (χ0) is 17.2. The minimum absolute atomic E-state index is 0.421. The Morgan fingerprint density at radius 2 is 2.12 bits per heavy atom. The van der Waals surface area contributed by atoms with Gasteiger partial charge < -0.3 is 16.0 Å². The lowest BCUT2D eigenvalue weighted by atomic mass is 10.1. The van der Waals surface area contributed by atoms with Gasteiger partial charge in [0.05, 0.1) is 0 Å². The van der Waals surface area contributed by atoms with Crippen LogP contribution in [0, 0.1) is 0 Å². The minimum atomic E-state index is -0.421. The summed E-state index contributed by atoms with van der Waals surface area (Å²) in [5, 5.41) is 4.46. The van der Waals surface area contributed by atoms with E-state index in [1.54, 1.807) is 23.5 Å². The Hall–Kier alpha value is -3.12. The summed E-state index contributed by atoms with van der Waals surface area (Å²) in [4.78, 5) is 21.1. The van der Waals surface area contributed by atoms with E-state index in [0.717, 1.165) is 16.7 Å². The molecule has 1 aromatic carbocycles. The molecule has 5 nitrogen and oxygen atoms in total. The molecule has 0 spiro atoms. The van der Waals surface area contributed by atoms with E-state index in [9.17, 15) is 4.79 Å². The topological polar surface area (TPSA) is 83.8 Å². The minimum Gasteiger partial charge on any atom is -0.380 e. The highest BCUT2D eigenvalue weighted by molar-refractivity contribution is 7.15. The van der Waals surface area contributed by atoms with Crippen LogP contribution in [0.1, 0.15) is 15.2 Å². The van der Waals surface area contributed by atoms with Crippen molar-refractivity contribution >= 4 is 34.0 Å². The van der Waals surface area contributed by atoms with E-state index >= 15 is 0 Å². The van der Waals surface area contributed by atoms with E-state index in [4.69, 9.17) is 5.73 Å². The molecule has 0 aliphatic rings. The molecule has 124 valence electrons. The van der Waals surface area contributed by atoms with Crippen LogP contribution >= 0.6 is 11.3 Å². The number of H-pyrrole nitrogens is 1. The first-order valence-electron chi connectivity index (χ1n) is 7.85. The molecule has 0 saturated carbocycles. The molecule has 0 bridgehead atoms. The van der Waals surface area contributed by atoms with Crippen molar-refractivity contribution in [2.75, 3.05) is 5.32 Å². The monoisotopic (exact) mass is 348 g/mol. The van der Waals surface area contributed by atoms with Gasteiger partial charge >= 0.3 is 0 Å². The maximum Gasteiger partial charge on any atom is 0.248 e. The number of hydrogen-bond donors (Lipinski definition) is 3. The average Bonchev–Trinajstić information content (AvgIpc) is 3.29. The second kappa shape index (κ2) is 6.41. The van der Waals surface area contributed by atoms with Gasteiger partial charge in [-0.25, -0.2) is 4.98 Å². The van der Waals surface area contributed by atoms with E-state index in [1.165, 1.54) is 15.3 Å². The largest absolute Gasteiger partial charge is 0.380 e. The zero-order valence-electron chi connectivity index (χ0n) is 13.3. The molecule has 4 aromatic rings. The Balaban J connectivity index is 1.53. The number of fused-ring (bicyclic) bond motifs is 1. The highest BCUT2D eigenvalue weighted by atomic mass is 32.1. The average molecular weight is 348 g/mol. The third kappa shape index (κ3) is 3.12. The molecular weight excluding hydrogens is 332 g/mol. The summed E-state index contributed by atoms with van der Waals surface area (Å²) in [7, 11) is 0. The summed E-state index contributed by atoms with van der Waals surface area (Å²) in [5.74, 6) is -0.421. The van der Waals surface area contributed by atoms with E-state index < -0.39 is 5.91 Å². The number of anilines is 1. The number of nitrogens with two attached hydrogens (primary N) is 1. The van der Waals surface area contributed by atoms with Crippen LogP contribution in [-0.4, -0.2) is 15.9 Å². The lowest BCUT2D eigenvalue weighted by Gasteiger charge is -2.06. The number of aromatic nitrogens is 2. The number of pyridine rings is 1. The molecule has 0 fully saturated rings. The van der Waals surface area contributed by atoms with E-state index in [1.807, 2.05) is 36.7 Å². The molecule has 3 heterocycles. The van der Waals surface area contributed by atoms with Crippen molar-refractivity contribution in [3.05, 3.63) is 71.4 Å². The first-order valence-corrected chi connectivity index (χ1v) is 8.67. The number of primary amides is 1. The van der Waals surface area contributed by atoms with Gasteiger partial charge in [0.15, 0.2) is 0 Å². The lowest BCUT2D eigenvalue weighted by molar-refractivity contribution is 0.100. The van der Waals surface area contributed by atoms with Gasteiger partial charge in [-0.05, 0) is 42.5 Å². The van der Waals surface area contributed by atoms with Gasteiger partial charge in [0.25, 0.3) is 0 Å². The van der Waals surface area contributed by atoms with Crippen molar-refractivity contribution in [2.45, 2.75) is 6.54 Å². The molecule has 0 aliphatic heterocycles. The van der Waals surface area contributed by atoms with Crippen molar-refractivity contribution in [1.82, 2.24) is 9.97 Å².